The molecule has 2 aromatic carbocycles. The molecule has 0 radical (unpaired) electrons. The van der Waals surface area contributed by atoms with Gasteiger partial charge in [0, 0.05) is 28.0 Å². The number of rotatable bonds is 4. The van der Waals surface area contributed by atoms with Gasteiger partial charge in [0.15, 0.2) is 5.78 Å². The molecule has 0 unspecified atom stereocenters. The summed E-state index contributed by atoms with van der Waals surface area (Å²) in [6.45, 7) is 3.81. The summed E-state index contributed by atoms with van der Waals surface area (Å²) in [6, 6.07) is 15.8. The molecule has 1 N–H and O–H groups in total. The van der Waals surface area contributed by atoms with E-state index in [0.717, 1.165) is 32.4 Å². The number of thioether (sulfide) groups is 1. The molecule has 124 valence electrons. The predicted octanol–water partition coefficient (Wildman–Crippen LogP) is 4.78. The molecule has 0 saturated heterocycles. The van der Waals surface area contributed by atoms with Gasteiger partial charge in [0.2, 0.25) is 0 Å². The molecule has 4 nitrogen and oxygen atoms in total. The fraction of sp³-hybridized carbons (Fsp3) is 0.150. The first-order chi connectivity index (χ1) is 12.1. The summed E-state index contributed by atoms with van der Waals surface area (Å²) in [7, 11) is 0. The molecule has 2 heterocycles. The second-order valence-corrected chi connectivity index (χ2v) is 7.29. The van der Waals surface area contributed by atoms with E-state index in [9.17, 15) is 4.79 Å². The van der Waals surface area contributed by atoms with Gasteiger partial charge in [-0.05, 0) is 26.0 Å². The van der Waals surface area contributed by atoms with Crippen molar-refractivity contribution in [3.05, 3.63) is 66.1 Å². The van der Waals surface area contributed by atoms with Gasteiger partial charge >= 0.3 is 0 Å². The highest BCUT2D eigenvalue weighted by molar-refractivity contribution is 8.00. The summed E-state index contributed by atoms with van der Waals surface area (Å²) in [5, 5.41) is 2.56. The number of nitrogens with one attached hydrogen (secondary N) is 1. The van der Waals surface area contributed by atoms with Crippen LogP contribution in [-0.4, -0.2) is 26.0 Å². The summed E-state index contributed by atoms with van der Waals surface area (Å²) < 4.78 is 0. The van der Waals surface area contributed by atoms with E-state index in [-0.39, 0.29) is 11.0 Å². The number of para-hydroxylation sites is 2. The number of ketones is 1. The molecule has 0 saturated carbocycles. The van der Waals surface area contributed by atoms with Crippen LogP contribution in [0.2, 0.25) is 0 Å². The van der Waals surface area contributed by atoms with E-state index in [1.54, 1.807) is 6.20 Å². The van der Waals surface area contributed by atoms with Crippen molar-refractivity contribution in [2.45, 2.75) is 24.1 Å². The van der Waals surface area contributed by atoms with E-state index >= 15 is 0 Å². The Labute approximate surface area is 149 Å². The van der Waals surface area contributed by atoms with Gasteiger partial charge in [-0.1, -0.05) is 48.2 Å². The monoisotopic (exact) mass is 347 g/mol. The SMILES string of the molecule is Cc1nc(S[C@H](C)C(=O)c2c[nH]c3ccccc23)c2ccccc2n1. The number of aromatic nitrogens is 3. The lowest BCUT2D eigenvalue weighted by Crippen LogP contribution is -2.13. The summed E-state index contributed by atoms with van der Waals surface area (Å²) in [5.41, 5.74) is 2.61. The Morgan fingerprint density at radius 3 is 2.60 bits per heavy atom. The van der Waals surface area contributed by atoms with Crippen LogP contribution in [0.5, 0.6) is 0 Å². The molecule has 0 aliphatic carbocycles. The minimum absolute atomic E-state index is 0.0998. The van der Waals surface area contributed by atoms with E-state index in [4.69, 9.17) is 0 Å². The van der Waals surface area contributed by atoms with Crippen LogP contribution >= 0.6 is 11.8 Å². The highest BCUT2D eigenvalue weighted by Gasteiger charge is 2.21. The summed E-state index contributed by atoms with van der Waals surface area (Å²) >= 11 is 1.49. The number of fused-ring (bicyclic) bond motifs is 2. The number of benzene rings is 2. The van der Waals surface area contributed by atoms with Crippen molar-refractivity contribution in [2.24, 2.45) is 0 Å². The van der Waals surface area contributed by atoms with Crippen molar-refractivity contribution < 1.29 is 4.79 Å². The molecule has 4 rings (SSSR count). The molecule has 4 aromatic rings. The van der Waals surface area contributed by atoms with Crippen molar-refractivity contribution >= 4 is 39.4 Å². The maximum Gasteiger partial charge on any atom is 0.178 e. The molecule has 1 atom stereocenters. The van der Waals surface area contributed by atoms with E-state index in [0.29, 0.717) is 5.82 Å². The second-order valence-electron chi connectivity index (χ2n) is 5.97. The molecule has 0 aliphatic rings. The number of aromatic amines is 1. The van der Waals surface area contributed by atoms with Crippen molar-refractivity contribution in [1.82, 2.24) is 15.0 Å². The zero-order chi connectivity index (χ0) is 17.4. The molecule has 0 spiro atoms. The van der Waals surface area contributed by atoms with Crippen molar-refractivity contribution in [1.29, 1.82) is 0 Å². The first-order valence-corrected chi connectivity index (χ1v) is 9.02. The Bertz CT molecular complexity index is 1090. The molecule has 5 heteroatoms. The number of carbonyl (C=O) groups is 1. The highest BCUT2D eigenvalue weighted by Crippen LogP contribution is 2.31. The van der Waals surface area contributed by atoms with Crippen molar-refractivity contribution in [2.75, 3.05) is 0 Å². The minimum atomic E-state index is -0.239. The lowest BCUT2D eigenvalue weighted by molar-refractivity contribution is 0.0995. The van der Waals surface area contributed by atoms with E-state index < -0.39 is 0 Å². The molecular weight excluding hydrogens is 330 g/mol. The quantitative estimate of drug-likeness (QED) is 0.328. The van der Waals surface area contributed by atoms with Gasteiger partial charge in [-0.25, -0.2) is 9.97 Å². The third-order valence-corrected chi connectivity index (χ3v) is 5.29. The van der Waals surface area contributed by atoms with Crippen LogP contribution < -0.4 is 0 Å². The molecule has 0 bridgehead atoms. The fourth-order valence-electron chi connectivity index (χ4n) is 2.96. The Morgan fingerprint density at radius 1 is 1.04 bits per heavy atom. The van der Waals surface area contributed by atoms with Gasteiger partial charge in [-0.2, -0.15) is 0 Å². The largest absolute Gasteiger partial charge is 0.360 e. The Morgan fingerprint density at radius 2 is 1.76 bits per heavy atom. The normalized spacial score (nSPS) is 12.6. The molecule has 25 heavy (non-hydrogen) atoms. The summed E-state index contributed by atoms with van der Waals surface area (Å²) in [6.07, 6.45) is 1.80. The third-order valence-electron chi connectivity index (χ3n) is 4.19. The predicted molar refractivity (Wildman–Crippen MR) is 102 cm³/mol. The minimum Gasteiger partial charge on any atom is -0.360 e. The third kappa shape index (κ3) is 2.91. The zero-order valence-corrected chi connectivity index (χ0v) is 14.8. The number of Topliss-reactive ketones (excluding diaryl/α,β-unsaturated/α-hetero) is 1. The van der Waals surface area contributed by atoms with E-state index in [1.165, 1.54) is 11.8 Å². The van der Waals surface area contributed by atoms with Crippen LogP contribution in [-0.2, 0) is 0 Å². The zero-order valence-electron chi connectivity index (χ0n) is 14.0. The lowest BCUT2D eigenvalue weighted by Gasteiger charge is -2.11. The van der Waals surface area contributed by atoms with Crippen LogP contribution in [0.3, 0.4) is 0 Å². The standard InChI is InChI=1S/C20H17N3OS/c1-12(19(24)16-11-21-17-9-5-3-7-14(16)17)25-20-15-8-4-6-10-18(15)22-13(2)23-20/h3-12,21H,1-2H3/t12-/m1/s1. The van der Waals surface area contributed by atoms with Gasteiger partial charge in [-0.15, -0.1) is 0 Å². The number of hydrogen-bond acceptors (Lipinski definition) is 4. The maximum absolute atomic E-state index is 13.0. The smallest absolute Gasteiger partial charge is 0.178 e. The van der Waals surface area contributed by atoms with E-state index in [2.05, 4.69) is 15.0 Å². The molecule has 0 fully saturated rings. The number of aryl methyl sites for hydroxylation is 1. The average molecular weight is 347 g/mol. The number of carbonyl (C=O) groups excluding carboxylic acids is 1. The van der Waals surface area contributed by atoms with Gasteiger partial charge in [0.1, 0.15) is 10.9 Å². The van der Waals surface area contributed by atoms with Crippen molar-refractivity contribution in [3.63, 3.8) is 0 Å². The lowest BCUT2D eigenvalue weighted by atomic mass is 10.1. The number of nitrogens with zero attached hydrogens (tertiary/aromatic N) is 2. The maximum atomic E-state index is 13.0. The number of hydrogen-bond donors (Lipinski definition) is 1. The molecule has 0 amide bonds. The van der Waals surface area contributed by atoms with Crippen LogP contribution in [0.4, 0.5) is 0 Å². The first-order valence-electron chi connectivity index (χ1n) is 8.14. The van der Waals surface area contributed by atoms with Gasteiger partial charge in [0.25, 0.3) is 0 Å². The fourth-order valence-corrected chi connectivity index (χ4v) is 4.02. The first kappa shape index (κ1) is 15.8. The van der Waals surface area contributed by atoms with Crippen LogP contribution in [0.1, 0.15) is 23.1 Å². The summed E-state index contributed by atoms with van der Waals surface area (Å²) in [4.78, 5) is 25.2. The molecule has 0 aliphatic heterocycles. The Balaban J connectivity index is 1.68. The molecule has 2 aromatic heterocycles. The molecular formula is C20H17N3OS. The van der Waals surface area contributed by atoms with Gasteiger partial charge in [0.05, 0.1) is 10.8 Å². The second kappa shape index (κ2) is 6.33. The Kier molecular flexibility index (Phi) is 4.01. The summed E-state index contributed by atoms with van der Waals surface area (Å²) in [5.74, 6) is 0.815. The van der Waals surface area contributed by atoms with Crippen molar-refractivity contribution in [3.8, 4) is 0 Å². The van der Waals surface area contributed by atoms with Crippen LogP contribution in [0.25, 0.3) is 21.8 Å². The number of H-pyrrole nitrogens is 1. The van der Waals surface area contributed by atoms with E-state index in [1.807, 2.05) is 62.4 Å². The Hall–Kier alpha value is -2.66. The van der Waals surface area contributed by atoms with Crippen LogP contribution in [0.15, 0.2) is 59.8 Å². The highest BCUT2D eigenvalue weighted by atomic mass is 32.2. The average Bonchev–Trinajstić information content (AvgIpc) is 3.05. The van der Waals surface area contributed by atoms with Gasteiger partial charge < -0.3 is 4.98 Å². The van der Waals surface area contributed by atoms with Gasteiger partial charge in [-0.3, -0.25) is 4.79 Å². The van der Waals surface area contributed by atoms with Crippen LogP contribution in [0, 0.1) is 6.92 Å². The topological polar surface area (TPSA) is 58.6 Å².